The van der Waals surface area contributed by atoms with Crippen LogP contribution in [0.2, 0.25) is 0 Å². The average Bonchev–Trinajstić information content (AvgIpc) is 2.84. The maximum Gasteiger partial charge on any atom is 0.229 e. The summed E-state index contributed by atoms with van der Waals surface area (Å²) in [6, 6.07) is 6.43. The second-order valence-corrected chi connectivity index (χ2v) is 8.36. The summed E-state index contributed by atoms with van der Waals surface area (Å²) in [4.78, 5) is 0. The number of benzene rings is 1. The molecule has 7 N–H and O–H groups in total. The normalized spacial score (nSPS) is 38.5. The van der Waals surface area contributed by atoms with Gasteiger partial charge in [0.1, 0.15) is 60.3 Å². The molecule has 13 heteroatoms. The van der Waals surface area contributed by atoms with Gasteiger partial charge in [0.2, 0.25) is 6.29 Å². The molecule has 0 amide bonds. The highest BCUT2D eigenvalue weighted by Crippen LogP contribution is 2.30. The van der Waals surface area contributed by atoms with Crippen LogP contribution < -0.4 is 9.47 Å². The van der Waals surface area contributed by atoms with Crippen LogP contribution in [-0.4, -0.2) is 123 Å². The third-order valence-electron chi connectivity index (χ3n) is 5.58. The van der Waals surface area contributed by atoms with Crippen molar-refractivity contribution in [1.82, 2.24) is 0 Å². The Labute approximate surface area is 200 Å². The molecule has 2 saturated heterocycles. The molecular weight excluding hydrogens is 480 g/mol. The molecule has 2 heterocycles. The molecule has 0 aliphatic carbocycles. The first-order chi connectivity index (χ1) is 16.3. The second-order valence-electron chi connectivity index (χ2n) is 7.98. The largest absolute Gasteiger partial charge is 0.494 e. The van der Waals surface area contributed by atoms with Crippen molar-refractivity contribution in [3.8, 4) is 11.5 Å². The zero-order valence-electron chi connectivity index (χ0n) is 18.2. The van der Waals surface area contributed by atoms with Gasteiger partial charge in [-0.05, 0) is 30.7 Å². The average molecular weight is 511 g/mol. The van der Waals surface area contributed by atoms with Crippen molar-refractivity contribution in [2.45, 2.75) is 67.8 Å². The molecule has 0 radical (unpaired) electrons. The molecule has 1 aromatic carbocycles. The molecule has 0 aromatic heterocycles. The van der Waals surface area contributed by atoms with Gasteiger partial charge in [-0.25, -0.2) is 0 Å². The van der Waals surface area contributed by atoms with Crippen LogP contribution >= 0.6 is 11.6 Å². The number of ether oxygens (including phenoxy) is 5. The van der Waals surface area contributed by atoms with Gasteiger partial charge >= 0.3 is 0 Å². The molecule has 3 rings (SSSR count). The van der Waals surface area contributed by atoms with E-state index in [1.807, 2.05) is 0 Å². The van der Waals surface area contributed by atoms with Gasteiger partial charge in [0.05, 0.1) is 19.8 Å². The molecule has 0 spiro atoms. The van der Waals surface area contributed by atoms with Crippen LogP contribution in [0.25, 0.3) is 0 Å². The minimum absolute atomic E-state index is 0.297. The van der Waals surface area contributed by atoms with Crippen LogP contribution in [-0.2, 0) is 14.2 Å². The molecule has 0 bridgehead atoms. The molecule has 1 aromatic rings. The zero-order chi connectivity index (χ0) is 24.8. The summed E-state index contributed by atoms with van der Waals surface area (Å²) in [7, 11) is 0. The van der Waals surface area contributed by atoms with E-state index < -0.39 is 74.6 Å². The number of hydrogen-bond donors (Lipinski definition) is 7. The highest BCUT2D eigenvalue weighted by Gasteiger charge is 2.51. The fourth-order valence-corrected chi connectivity index (χ4v) is 3.75. The standard InChI is InChI=1S/C21H31ClO12/c22-6-1-7-30-10-2-4-11(5-3-10)31-20-18(29)16(27)19(13(9-24)33-20)34-21-17(28)15(26)14(25)12(8-23)32-21/h2-5,12-21,23-29H,1,6-9H2/t12-,13-,14+,15+,16-,17-,18-,19-,20-,21+/m1/s1. The van der Waals surface area contributed by atoms with E-state index in [-0.39, 0.29) is 0 Å². The van der Waals surface area contributed by atoms with Crippen molar-refractivity contribution >= 4 is 11.6 Å². The number of halogens is 1. The van der Waals surface area contributed by atoms with Gasteiger partial charge in [0.25, 0.3) is 0 Å². The summed E-state index contributed by atoms with van der Waals surface area (Å²) in [5.41, 5.74) is 0. The predicted octanol–water partition coefficient (Wildman–Crippen LogP) is -2.30. The Kier molecular flexibility index (Phi) is 10.1. The van der Waals surface area contributed by atoms with Gasteiger partial charge in [0, 0.05) is 5.88 Å². The van der Waals surface area contributed by atoms with Gasteiger partial charge in [-0.2, -0.15) is 0 Å². The summed E-state index contributed by atoms with van der Waals surface area (Å²) in [6.07, 6.45) is -14.4. The molecule has 34 heavy (non-hydrogen) atoms. The Morgan fingerprint density at radius 1 is 0.735 bits per heavy atom. The van der Waals surface area contributed by atoms with Crippen molar-refractivity contribution in [3.05, 3.63) is 24.3 Å². The number of aliphatic hydroxyl groups excluding tert-OH is 7. The van der Waals surface area contributed by atoms with Crippen LogP contribution in [0.4, 0.5) is 0 Å². The summed E-state index contributed by atoms with van der Waals surface area (Å²) in [6.45, 7) is -0.875. The van der Waals surface area contributed by atoms with Crippen molar-refractivity contribution in [2.75, 3.05) is 25.7 Å². The molecule has 2 aliphatic heterocycles. The van der Waals surface area contributed by atoms with Crippen LogP contribution in [0.15, 0.2) is 24.3 Å². The molecular formula is C21H31ClO12. The SMILES string of the molecule is OC[C@H]1O[C@@H](O[C@H]2[C@H](O)[C@@H](O)[C@H](Oc3ccc(OCCCCl)cc3)O[C@@H]2CO)[C@H](O)[C@@H](O)[C@H]1O. The fourth-order valence-electron chi connectivity index (χ4n) is 3.65. The van der Waals surface area contributed by atoms with E-state index in [4.69, 9.17) is 35.3 Å². The maximum atomic E-state index is 10.6. The van der Waals surface area contributed by atoms with E-state index in [9.17, 15) is 35.7 Å². The lowest BCUT2D eigenvalue weighted by atomic mass is 9.97. The molecule has 194 valence electrons. The van der Waals surface area contributed by atoms with Crippen LogP contribution in [0, 0.1) is 0 Å². The van der Waals surface area contributed by atoms with Gasteiger partial charge in [-0.3, -0.25) is 0 Å². The summed E-state index contributed by atoms with van der Waals surface area (Å²) < 4.78 is 27.5. The van der Waals surface area contributed by atoms with E-state index in [0.29, 0.717) is 30.4 Å². The lowest BCUT2D eigenvalue weighted by Crippen LogP contribution is -2.65. The Morgan fingerprint density at radius 3 is 1.94 bits per heavy atom. The maximum absolute atomic E-state index is 10.6. The Balaban J connectivity index is 1.64. The molecule has 2 aliphatic rings. The molecule has 12 nitrogen and oxygen atoms in total. The third kappa shape index (κ3) is 6.28. The van der Waals surface area contributed by atoms with Gasteiger partial charge in [-0.1, -0.05) is 0 Å². The van der Waals surface area contributed by atoms with E-state index in [1.54, 1.807) is 24.3 Å². The van der Waals surface area contributed by atoms with Crippen molar-refractivity contribution < 1.29 is 59.4 Å². The second kappa shape index (κ2) is 12.6. The van der Waals surface area contributed by atoms with E-state index in [2.05, 4.69) is 0 Å². The van der Waals surface area contributed by atoms with E-state index in [1.165, 1.54) is 0 Å². The zero-order valence-corrected chi connectivity index (χ0v) is 18.9. The number of rotatable bonds is 10. The molecule has 10 atom stereocenters. The smallest absolute Gasteiger partial charge is 0.229 e. The van der Waals surface area contributed by atoms with Gasteiger partial charge in [-0.15, -0.1) is 11.6 Å². The van der Waals surface area contributed by atoms with Crippen molar-refractivity contribution in [1.29, 1.82) is 0 Å². The quantitative estimate of drug-likeness (QED) is 0.132. The lowest BCUT2D eigenvalue weighted by Gasteiger charge is -2.45. The molecule has 2 fully saturated rings. The van der Waals surface area contributed by atoms with Crippen molar-refractivity contribution in [3.63, 3.8) is 0 Å². The minimum atomic E-state index is -1.74. The first-order valence-corrected chi connectivity index (χ1v) is 11.4. The third-order valence-corrected chi connectivity index (χ3v) is 5.85. The fraction of sp³-hybridized carbons (Fsp3) is 0.714. The number of alkyl halides is 1. The first kappa shape index (κ1) is 27.3. The topological polar surface area (TPSA) is 188 Å². The minimum Gasteiger partial charge on any atom is -0.494 e. The molecule has 0 unspecified atom stereocenters. The van der Waals surface area contributed by atoms with Crippen LogP contribution in [0.3, 0.4) is 0 Å². The highest BCUT2D eigenvalue weighted by atomic mass is 35.5. The first-order valence-electron chi connectivity index (χ1n) is 10.8. The highest BCUT2D eigenvalue weighted by molar-refractivity contribution is 6.17. The molecule has 0 saturated carbocycles. The summed E-state index contributed by atoms with van der Waals surface area (Å²) in [5.74, 6) is 1.36. The Bertz CT molecular complexity index is 735. The van der Waals surface area contributed by atoms with Crippen LogP contribution in [0.5, 0.6) is 11.5 Å². The van der Waals surface area contributed by atoms with Gasteiger partial charge < -0.3 is 59.4 Å². The van der Waals surface area contributed by atoms with E-state index in [0.717, 1.165) is 0 Å². The Hall–Kier alpha value is -1.29. The number of aliphatic hydroxyl groups is 7. The van der Waals surface area contributed by atoms with Gasteiger partial charge in [0.15, 0.2) is 6.29 Å². The van der Waals surface area contributed by atoms with E-state index >= 15 is 0 Å². The summed E-state index contributed by atoms with van der Waals surface area (Å²) in [5, 5.41) is 70.2. The van der Waals surface area contributed by atoms with Crippen molar-refractivity contribution in [2.24, 2.45) is 0 Å². The predicted molar refractivity (Wildman–Crippen MR) is 114 cm³/mol. The number of hydrogen-bond acceptors (Lipinski definition) is 12. The Morgan fingerprint density at radius 2 is 1.32 bits per heavy atom. The lowest BCUT2D eigenvalue weighted by molar-refractivity contribution is -0.352. The summed E-state index contributed by atoms with van der Waals surface area (Å²) >= 11 is 5.61. The van der Waals surface area contributed by atoms with Crippen LogP contribution in [0.1, 0.15) is 6.42 Å². The monoisotopic (exact) mass is 510 g/mol.